The largest absolute Gasteiger partial charge is 0.389 e. The molecule has 96 valence electrons. The van der Waals surface area contributed by atoms with Crippen LogP contribution in [0.15, 0.2) is 0 Å². The van der Waals surface area contributed by atoms with Gasteiger partial charge in [0.25, 0.3) is 0 Å². The molecule has 1 aliphatic heterocycles. The zero-order chi connectivity index (χ0) is 12.2. The maximum atomic E-state index is 11.9. The monoisotopic (exact) mass is 239 g/mol. The van der Waals surface area contributed by atoms with Crippen molar-refractivity contribution in [3.63, 3.8) is 0 Å². The van der Waals surface area contributed by atoms with Crippen molar-refractivity contribution in [2.75, 3.05) is 6.54 Å². The molecular weight excluding hydrogens is 219 g/mol. The van der Waals surface area contributed by atoms with E-state index in [4.69, 9.17) is 4.74 Å². The Labute approximate surface area is 94.5 Å². The number of nitrogens with one attached hydrogen (secondary N) is 1. The SMILES string of the molecule is CC1CC(NCCCC(F)(F)F)CC(C)O1. The van der Waals surface area contributed by atoms with E-state index in [2.05, 4.69) is 5.32 Å². The van der Waals surface area contributed by atoms with Crippen LogP contribution in [0.1, 0.15) is 39.5 Å². The van der Waals surface area contributed by atoms with Crippen LogP contribution in [0.2, 0.25) is 0 Å². The van der Waals surface area contributed by atoms with Gasteiger partial charge in [-0.15, -0.1) is 0 Å². The molecule has 0 amide bonds. The van der Waals surface area contributed by atoms with Crippen molar-refractivity contribution < 1.29 is 17.9 Å². The van der Waals surface area contributed by atoms with E-state index in [1.165, 1.54) is 0 Å². The summed E-state index contributed by atoms with van der Waals surface area (Å²) in [7, 11) is 0. The lowest BCUT2D eigenvalue weighted by molar-refractivity contribution is -0.135. The highest BCUT2D eigenvalue weighted by atomic mass is 19.4. The van der Waals surface area contributed by atoms with Crippen molar-refractivity contribution in [2.45, 2.75) is 64.0 Å². The third-order valence-corrected chi connectivity index (χ3v) is 2.77. The van der Waals surface area contributed by atoms with Gasteiger partial charge in [0.1, 0.15) is 0 Å². The summed E-state index contributed by atoms with van der Waals surface area (Å²) in [6, 6.07) is 0.298. The van der Waals surface area contributed by atoms with Gasteiger partial charge in [-0.05, 0) is 39.7 Å². The summed E-state index contributed by atoms with van der Waals surface area (Å²) in [6.07, 6.45) is -2.41. The molecule has 1 saturated heterocycles. The maximum absolute atomic E-state index is 11.9. The van der Waals surface area contributed by atoms with Crippen molar-refractivity contribution in [2.24, 2.45) is 0 Å². The molecule has 2 atom stereocenters. The number of rotatable bonds is 4. The van der Waals surface area contributed by atoms with E-state index in [1.54, 1.807) is 0 Å². The van der Waals surface area contributed by atoms with Crippen molar-refractivity contribution in [3.8, 4) is 0 Å². The van der Waals surface area contributed by atoms with Gasteiger partial charge in [0.15, 0.2) is 0 Å². The Morgan fingerprint density at radius 3 is 2.25 bits per heavy atom. The normalized spacial score (nSPS) is 31.7. The summed E-state index contributed by atoms with van der Waals surface area (Å²) in [5.41, 5.74) is 0. The quantitative estimate of drug-likeness (QED) is 0.762. The molecule has 1 rings (SSSR count). The molecule has 0 radical (unpaired) electrons. The molecule has 0 saturated carbocycles. The van der Waals surface area contributed by atoms with E-state index in [1.807, 2.05) is 13.8 Å². The predicted octanol–water partition coefficient (Wildman–Crippen LogP) is 2.87. The smallest absolute Gasteiger partial charge is 0.375 e. The Morgan fingerprint density at radius 2 is 1.75 bits per heavy atom. The fourth-order valence-corrected chi connectivity index (χ4v) is 2.17. The molecule has 0 spiro atoms. The summed E-state index contributed by atoms with van der Waals surface area (Å²) in [4.78, 5) is 0. The zero-order valence-corrected chi connectivity index (χ0v) is 9.81. The number of hydrogen-bond donors (Lipinski definition) is 1. The molecule has 0 aliphatic carbocycles. The van der Waals surface area contributed by atoms with Crippen molar-refractivity contribution in [3.05, 3.63) is 0 Å². The summed E-state index contributed by atoms with van der Waals surface area (Å²) in [5, 5.41) is 3.18. The summed E-state index contributed by atoms with van der Waals surface area (Å²) in [5.74, 6) is 0. The molecule has 16 heavy (non-hydrogen) atoms. The Bertz CT molecular complexity index is 198. The van der Waals surface area contributed by atoms with E-state index >= 15 is 0 Å². The van der Waals surface area contributed by atoms with Crippen LogP contribution in [0, 0.1) is 0 Å². The topological polar surface area (TPSA) is 21.3 Å². The molecule has 1 heterocycles. The maximum Gasteiger partial charge on any atom is 0.389 e. The van der Waals surface area contributed by atoms with E-state index in [0.29, 0.717) is 12.6 Å². The third-order valence-electron chi connectivity index (χ3n) is 2.77. The number of halogens is 3. The van der Waals surface area contributed by atoms with Gasteiger partial charge in [0, 0.05) is 12.5 Å². The van der Waals surface area contributed by atoms with Gasteiger partial charge in [-0.3, -0.25) is 0 Å². The summed E-state index contributed by atoms with van der Waals surface area (Å²) in [6.45, 7) is 4.43. The van der Waals surface area contributed by atoms with Crippen LogP contribution in [-0.2, 0) is 4.74 Å². The summed E-state index contributed by atoms with van der Waals surface area (Å²) < 4.78 is 41.2. The third kappa shape index (κ3) is 5.70. The lowest BCUT2D eigenvalue weighted by atomic mass is 10.00. The van der Waals surface area contributed by atoms with Crippen LogP contribution in [0.5, 0.6) is 0 Å². The van der Waals surface area contributed by atoms with Crippen LogP contribution >= 0.6 is 0 Å². The summed E-state index contributed by atoms with van der Waals surface area (Å²) >= 11 is 0. The van der Waals surface area contributed by atoms with E-state index in [-0.39, 0.29) is 18.6 Å². The highest BCUT2D eigenvalue weighted by molar-refractivity contribution is 4.78. The van der Waals surface area contributed by atoms with Gasteiger partial charge in [-0.1, -0.05) is 0 Å². The lowest BCUT2D eigenvalue weighted by Crippen LogP contribution is -2.41. The Hall–Kier alpha value is -0.290. The molecule has 5 heteroatoms. The fourth-order valence-electron chi connectivity index (χ4n) is 2.17. The average molecular weight is 239 g/mol. The van der Waals surface area contributed by atoms with E-state index in [0.717, 1.165) is 12.8 Å². The van der Waals surface area contributed by atoms with Crippen LogP contribution in [0.25, 0.3) is 0 Å². The molecule has 1 fully saturated rings. The van der Waals surface area contributed by atoms with E-state index in [9.17, 15) is 13.2 Å². The van der Waals surface area contributed by atoms with Gasteiger partial charge in [0.05, 0.1) is 12.2 Å². The van der Waals surface area contributed by atoms with Gasteiger partial charge >= 0.3 is 6.18 Å². The molecule has 1 aliphatic rings. The van der Waals surface area contributed by atoms with Crippen molar-refractivity contribution >= 4 is 0 Å². The van der Waals surface area contributed by atoms with Crippen LogP contribution in [0.3, 0.4) is 0 Å². The molecule has 0 aromatic rings. The minimum Gasteiger partial charge on any atom is -0.375 e. The molecule has 0 bridgehead atoms. The number of ether oxygens (including phenoxy) is 1. The van der Waals surface area contributed by atoms with Gasteiger partial charge < -0.3 is 10.1 Å². The number of alkyl halides is 3. The first-order chi connectivity index (χ1) is 7.37. The predicted molar refractivity (Wildman–Crippen MR) is 56.3 cm³/mol. The first-order valence-electron chi connectivity index (χ1n) is 5.82. The first-order valence-corrected chi connectivity index (χ1v) is 5.82. The van der Waals surface area contributed by atoms with Crippen LogP contribution in [-0.4, -0.2) is 31.0 Å². The molecule has 0 aromatic heterocycles. The highest BCUT2D eigenvalue weighted by Gasteiger charge is 2.27. The molecular formula is C11H20F3NO. The van der Waals surface area contributed by atoms with Crippen LogP contribution in [0.4, 0.5) is 13.2 Å². The minimum absolute atomic E-state index is 0.156. The lowest BCUT2D eigenvalue weighted by Gasteiger charge is -2.32. The second-order valence-corrected chi connectivity index (χ2v) is 4.60. The van der Waals surface area contributed by atoms with Crippen molar-refractivity contribution in [1.82, 2.24) is 5.32 Å². The van der Waals surface area contributed by atoms with Gasteiger partial charge in [-0.2, -0.15) is 13.2 Å². The second-order valence-electron chi connectivity index (χ2n) is 4.60. The van der Waals surface area contributed by atoms with Crippen LogP contribution < -0.4 is 5.32 Å². The van der Waals surface area contributed by atoms with Gasteiger partial charge in [-0.25, -0.2) is 0 Å². The molecule has 2 nitrogen and oxygen atoms in total. The molecule has 2 unspecified atom stereocenters. The Balaban J connectivity index is 2.13. The Morgan fingerprint density at radius 1 is 1.19 bits per heavy atom. The van der Waals surface area contributed by atoms with E-state index < -0.39 is 12.6 Å². The fraction of sp³-hybridized carbons (Fsp3) is 1.00. The standard InChI is InChI=1S/C11H20F3NO/c1-8-6-10(7-9(2)16-8)15-5-3-4-11(12,13)14/h8-10,15H,3-7H2,1-2H3. The van der Waals surface area contributed by atoms with Gasteiger partial charge in [0.2, 0.25) is 0 Å². The molecule has 1 N–H and O–H groups in total. The minimum atomic E-state index is -4.03. The number of hydrogen-bond acceptors (Lipinski definition) is 2. The zero-order valence-electron chi connectivity index (χ0n) is 9.81. The highest BCUT2D eigenvalue weighted by Crippen LogP contribution is 2.22. The first kappa shape index (κ1) is 13.8. The Kier molecular flexibility index (Phi) is 5.05. The van der Waals surface area contributed by atoms with Crippen molar-refractivity contribution in [1.29, 1.82) is 0 Å². The molecule has 0 aromatic carbocycles. The average Bonchev–Trinajstić information content (AvgIpc) is 2.09. The second kappa shape index (κ2) is 5.87.